The second kappa shape index (κ2) is 9.18. The number of nitrogens with zero attached hydrogens (tertiary/aromatic N) is 1. The molecule has 0 amide bonds. The molecule has 1 aliphatic rings. The van der Waals surface area contributed by atoms with Crippen LogP contribution in [-0.2, 0) is 4.74 Å². The number of nitrogens with two attached hydrogens (primary N) is 1. The highest BCUT2D eigenvalue weighted by Crippen LogP contribution is 2.14. The molecule has 1 atom stereocenters. The highest BCUT2D eigenvalue weighted by atomic mass is 16.5. The molecule has 112 valence electrons. The minimum Gasteiger partial charge on any atom is -0.381 e. The van der Waals surface area contributed by atoms with Gasteiger partial charge in [-0.05, 0) is 38.0 Å². The number of rotatable bonds is 7. The van der Waals surface area contributed by atoms with Gasteiger partial charge in [-0.25, -0.2) is 0 Å². The third-order valence-electron chi connectivity index (χ3n) is 3.67. The number of hydrogen-bond acceptors (Lipinski definition) is 2. The molecule has 1 aliphatic heterocycles. The molecule has 0 radical (unpaired) electrons. The van der Waals surface area contributed by atoms with Crippen LogP contribution in [0.2, 0.25) is 0 Å². The Hall–Kier alpha value is -0.770. The van der Waals surface area contributed by atoms with Crippen molar-refractivity contribution >= 4 is 5.96 Å². The van der Waals surface area contributed by atoms with E-state index in [1.807, 2.05) is 0 Å². The highest BCUT2D eigenvalue weighted by Gasteiger charge is 2.13. The summed E-state index contributed by atoms with van der Waals surface area (Å²) in [5.74, 6) is 2.03. The van der Waals surface area contributed by atoms with Gasteiger partial charge in [0.05, 0.1) is 0 Å². The van der Waals surface area contributed by atoms with E-state index < -0.39 is 0 Å². The van der Waals surface area contributed by atoms with Crippen molar-refractivity contribution in [2.45, 2.75) is 58.9 Å². The zero-order chi connectivity index (χ0) is 14.1. The number of ether oxygens (including phenoxy) is 1. The molecular formula is C15H31N3O. The molecule has 0 saturated carbocycles. The molecule has 4 heteroatoms. The monoisotopic (exact) mass is 269 g/mol. The fraction of sp³-hybridized carbons (Fsp3) is 0.933. The van der Waals surface area contributed by atoms with Crippen LogP contribution in [0, 0.1) is 11.8 Å². The first-order valence-electron chi connectivity index (χ1n) is 7.72. The standard InChI is InChI=1S/C15H31N3O/c1-12(2)5-4-6-13(3)18-15(16)17-11-14-7-9-19-10-8-14/h12-14H,4-11H2,1-3H3,(H3,16,17,18)/t13-/m0/s1. The van der Waals surface area contributed by atoms with Crippen LogP contribution in [0.25, 0.3) is 0 Å². The van der Waals surface area contributed by atoms with Gasteiger partial charge in [0.15, 0.2) is 5.96 Å². The van der Waals surface area contributed by atoms with E-state index in [1.54, 1.807) is 0 Å². The van der Waals surface area contributed by atoms with Crippen molar-refractivity contribution in [3.63, 3.8) is 0 Å². The fourth-order valence-electron chi connectivity index (χ4n) is 2.36. The maximum atomic E-state index is 5.93. The van der Waals surface area contributed by atoms with Crippen molar-refractivity contribution in [1.82, 2.24) is 5.32 Å². The summed E-state index contributed by atoms with van der Waals surface area (Å²) in [6, 6.07) is 0.414. The van der Waals surface area contributed by atoms with E-state index in [2.05, 4.69) is 31.1 Å². The van der Waals surface area contributed by atoms with Crippen LogP contribution in [0.5, 0.6) is 0 Å². The largest absolute Gasteiger partial charge is 0.381 e. The van der Waals surface area contributed by atoms with E-state index in [9.17, 15) is 0 Å². The van der Waals surface area contributed by atoms with Crippen LogP contribution in [-0.4, -0.2) is 31.8 Å². The lowest BCUT2D eigenvalue weighted by Gasteiger charge is -2.21. The SMILES string of the molecule is CC(C)CCC[C@H](C)NC(N)=NCC1CCOCC1. The van der Waals surface area contributed by atoms with Gasteiger partial charge in [0.25, 0.3) is 0 Å². The summed E-state index contributed by atoms with van der Waals surface area (Å²) >= 11 is 0. The van der Waals surface area contributed by atoms with Crippen LogP contribution >= 0.6 is 0 Å². The van der Waals surface area contributed by atoms with Gasteiger partial charge in [0.1, 0.15) is 0 Å². The first-order chi connectivity index (χ1) is 9.08. The molecule has 0 unspecified atom stereocenters. The molecular weight excluding hydrogens is 238 g/mol. The predicted octanol–water partition coefficient (Wildman–Crippen LogP) is 2.53. The fourth-order valence-corrected chi connectivity index (χ4v) is 2.36. The Kier molecular flexibility index (Phi) is 7.87. The lowest BCUT2D eigenvalue weighted by molar-refractivity contribution is 0.0689. The molecule has 0 aliphatic carbocycles. The Morgan fingerprint density at radius 1 is 1.26 bits per heavy atom. The first kappa shape index (κ1) is 16.3. The Morgan fingerprint density at radius 2 is 1.95 bits per heavy atom. The van der Waals surface area contributed by atoms with Gasteiger partial charge >= 0.3 is 0 Å². The summed E-state index contributed by atoms with van der Waals surface area (Å²) in [6.07, 6.45) is 5.91. The number of guanidine groups is 1. The molecule has 0 aromatic rings. The Morgan fingerprint density at radius 3 is 2.58 bits per heavy atom. The average molecular weight is 269 g/mol. The van der Waals surface area contributed by atoms with E-state index in [0.717, 1.165) is 44.9 Å². The van der Waals surface area contributed by atoms with Crippen LogP contribution in [0.4, 0.5) is 0 Å². The van der Waals surface area contributed by atoms with Gasteiger partial charge in [-0.3, -0.25) is 4.99 Å². The number of nitrogens with one attached hydrogen (secondary N) is 1. The molecule has 0 aromatic carbocycles. The topological polar surface area (TPSA) is 59.6 Å². The minimum absolute atomic E-state index is 0.414. The quantitative estimate of drug-likeness (QED) is 0.551. The maximum Gasteiger partial charge on any atom is 0.188 e. The van der Waals surface area contributed by atoms with E-state index in [0.29, 0.717) is 17.9 Å². The first-order valence-corrected chi connectivity index (χ1v) is 7.72. The zero-order valence-corrected chi connectivity index (χ0v) is 12.8. The average Bonchev–Trinajstić information content (AvgIpc) is 2.37. The van der Waals surface area contributed by atoms with Crippen LogP contribution in [0.1, 0.15) is 52.9 Å². The summed E-state index contributed by atoms with van der Waals surface area (Å²) in [6.45, 7) is 9.29. The smallest absolute Gasteiger partial charge is 0.188 e. The number of aliphatic imine (C=N–C) groups is 1. The molecule has 4 nitrogen and oxygen atoms in total. The van der Waals surface area contributed by atoms with Crippen molar-refractivity contribution in [3.8, 4) is 0 Å². The molecule has 0 spiro atoms. The van der Waals surface area contributed by atoms with Gasteiger partial charge < -0.3 is 15.8 Å². The molecule has 19 heavy (non-hydrogen) atoms. The summed E-state index contributed by atoms with van der Waals surface area (Å²) in [5.41, 5.74) is 5.93. The van der Waals surface area contributed by atoms with Gasteiger partial charge in [-0.1, -0.05) is 26.7 Å². The summed E-state index contributed by atoms with van der Waals surface area (Å²) in [5, 5.41) is 3.29. The molecule has 3 N–H and O–H groups in total. The maximum absolute atomic E-state index is 5.93. The highest BCUT2D eigenvalue weighted by molar-refractivity contribution is 5.78. The van der Waals surface area contributed by atoms with E-state index in [-0.39, 0.29) is 0 Å². The summed E-state index contributed by atoms with van der Waals surface area (Å²) < 4.78 is 5.34. The van der Waals surface area contributed by atoms with Crippen molar-refractivity contribution in [2.24, 2.45) is 22.6 Å². The second-order valence-corrected chi connectivity index (χ2v) is 6.15. The normalized spacial score (nSPS) is 19.7. The van der Waals surface area contributed by atoms with E-state index >= 15 is 0 Å². The molecule has 1 heterocycles. The summed E-state index contributed by atoms with van der Waals surface area (Å²) in [4.78, 5) is 4.46. The zero-order valence-electron chi connectivity index (χ0n) is 12.8. The van der Waals surface area contributed by atoms with Crippen molar-refractivity contribution in [1.29, 1.82) is 0 Å². The Bertz CT molecular complexity index is 260. The van der Waals surface area contributed by atoms with Gasteiger partial charge in [0.2, 0.25) is 0 Å². The number of hydrogen-bond donors (Lipinski definition) is 2. The van der Waals surface area contributed by atoms with Crippen LogP contribution < -0.4 is 11.1 Å². The molecule has 1 fully saturated rings. The van der Waals surface area contributed by atoms with Gasteiger partial charge in [0, 0.05) is 25.8 Å². The third-order valence-corrected chi connectivity index (χ3v) is 3.67. The van der Waals surface area contributed by atoms with Crippen LogP contribution in [0.3, 0.4) is 0 Å². The second-order valence-electron chi connectivity index (χ2n) is 6.15. The lowest BCUT2D eigenvalue weighted by atomic mass is 10.0. The molecule has 0 bridgehead atoms. The lowest BCUT2D eigenvalue weighted by Crippen LogP contribution is -2.39. The molecule has 1 rings (SSSR count). The Balaban J connectivity index is 2.15. The van der Waals surface area contributed by atoms with E-state index in [4.69, 9.17) is 10.5 Å². The summed E-state index contributed by atoms with van der Waals surface area (Å²) in [7, 11) is 0. The van der Waals surface area contributed by atoms with Crippen LogP contribution in [0.15, 0.2) is 4.99 Å². The minimum atomic E-state index is 0.414. The Labute approximate surface area is 118 Å². The van der Waals surface area contributed by atoms with Crippen molar-refractivity contribution in [3.05, 3.63) is 0 Å². The predicted molar refractivity (Wildman–Crippen MR) is 81.3 cm³/mol. The van der Waals surface area contributed by atoms with Crippen molar-refractivity contribution in [2.75, 3.05) is 19.8 Å². The van der Waals surface area contributed by atoms with Gasteiger partial charge in [-0.15, -0.1) is 0 Å². The molecule has 0 aromatic heterocycles. The van der Waals surface area contributed by atoms with Gasteiger partial charge in [-0.2, -0.15) is 0 Å². The van der Waals surface area contributed by atoms with E-state index in [1.165, 1.54) is 12.8 Å². The van der Waals surface area contributed by atoms with Crippen molar-refractivity contribution < 1.29 is 4.74 Å². The molecule has 1 saturated heterocycles. The third kappa shape index (κ3) is 8.09.